The number of piperidine rings is 1. The summed E-state index contributed by atoms with van der Waals surface area (Å²) in [7, 11) is 0. The summed E-state index contributed by atoms with van der Waals surface area (Å²) in [5, 5.41) is 12.4. The van der Waals surface area contributed by atoms with E-state index in [1.165, 1.54) is 0 Å². The number of rotatable bonds is 3. The van der Waals surface area contributed by atoms with E-state index in [2.05, 4.69) is 15.2 Å². The van der Waals surface area contributed by atoms with E-state index in [0.717, 1.165) is 25.1 Å². The van der Waals surface area contributed by atoms with E-state index in [9.17, 15) is 9.90 Å². The Morgan fingerprint density at radius 3 is 3.22 bits per heavy atom. The summed E-state index contributed by atoms with van der Waals surface area (Å²) in [5.74, 6) is -0.156. The van der Waals surface area contributed by atoms with Crippen LogP contribution < -0.4 is 10.2 Å². The van der Waals surface area contributed by atoms with Gasteiger partial charge in [0.2, 0.25) is 0 Å². The third kappa shape index (κ3) is 2.98. The van der Waals surface area contributed by atoms with E-state index in [4.69, 9.17) is 0 Å². The van der Waals surface area contributed by atoms with Gasteiger partial charge in [0.05, 0.1) is 6.10 Å². The Labute approximate surface area is 107 Å². The molecule has 0 bridgehead atoms. The van der Waals surface area contributed by atoms with Crippen molar-refractivity contribution < 1.29 is 9.90 Å². The van der Waals surface area contributed by atoms with Crippen LogP contribution in [0.2, 0.25) is 0 Å². The first kappa shape index (κ1) is 12.8. The van der Waals surface area contributed by atoms with Crippen LogP contribution in [-0.4, -0.2) is 41.7 Å². The van der Waals surface area contributed by atoms with Gasteiger partial charge in [-0.15, -0.1) is 0 Å². The van der Waals surface area contributed by atoms with Crippen LogP contribution in [0.4, 0.5) is 5.69 Å². The van der Waals surface area contributed by atoms with E-state index in [1.807, 2.05) is 13.0 Å². The Morgan fingerprint density at radius 2 is 2.50 bits per heavy atom. The molecule has 0 saturated carbocycles. The summed E-state index contributed by atoms with van der Waals surface area (Å²) >= 11 is 0. The molecule has 5 heteroatoms. The lowest BCUT2D eigenvalue weighted by atomic mass is 10.1. The summed E-state index contributed by atoms with van der Waals surface area (Å²) in [6, 6.07) is 3.66. The lowest BCUT2D eigenvalue weighted by Crippen LogP contribution is -2.38. The Kier molecular flexibility index (Phi) is 4.15. The largest absolute Gasteiger partial charge is 0.391 e. The van der Waals surface area contributed by atoms with E-state index in [1.54, 1.807) is 12.3 Å². The molecule has 1 aliphatic rings. The smallest absolute Gasteiger partial charge is 0.269 e. The zero-order valence-electron chi connectivity index (χ0n) is 10.6. The SMILES string of the molecule is CCNC(=O)c1cc(N2CCC[C@H](O)C2)ccn1. The number of pyridine rings is 1. The molecule has 5 nitrogen and oxygen atoms in total. The van der Waals surface area contributed by atoms with Gasteiger partial charge in [-0.05, 0) is 31.9 Å². The number of hydrogen-bond donors (Lipinski definition) is 2. The molecule has 1 aromatic rings. The Morgan fingerprint density at radius 1 is 1.67 bits per heavy atom. The highest BCUT2D eigenvalue weighted by atomic mass is 16.3. The van der Waals surface area contributed by atoms with Gasteiger partial charge in [-0.3, -0.25) is 9.78 Å². The number of nitrogens with one attached hydrogen (secondary N) is 1. The molecular formula is C13H19N3O2. The van der Waals surface area contributed by atoms with Crippen LogP contribution >= 0.6 is 0 Å². The molecular weight excluding hydrogens is 230 g/mol. The Hall–Kier alpha value is -1.62. The number of anilines is 1. The van der Waals surface area contributed by atoms with Crippen molar-refractivity contribution in [1.82, 2.24) is 10.3 Å². The van der Waals surface area contributed by atoms with Gasteiger partial charge in [0, 0.05) is 31.5 Å². The number of amides is 1. The lowest BCUT2D eigenvalue weighted by Gasteiger charge is -2.32. The van der Waals surface area contributed by atoms with Crippen LogP contribution in [0, 0.1) is 0 Å². The minimum Gasteiger partial charge on any atom is -0.391 e. The summed E-state index contributed by atoms with van der Waals surface area (Å²) in [4.78, 5) is 17.9. The highest BCUT2D eigenvalue weighted by Gasteiger charge is 2.18. The summed E-state index contributed by atoms with van der Waals surface area (Å²) in [5.41, 5.74) is 1.37. The van der Waals surface area contributed by atoms with Gasteiger partial charge >= 0.3 is 0 Å². The molecule has 0 aromatic carbocycles. The van der Waals surface area contributed by atoms with Crippen LogP contribution in [0.5, 0.6) is 0 Å². The fraction of sp³-hybridized carbons (Fsp3) is 0.538. The molecule has 1 atom stereocenters. The molecule has 1 amide bonds. The first-order valence-electron chi connectivity index (χ1n) is 6.38. The highest BCUT2D eigenvalue weighted by Crippen LogP contribution is 2.20. The van der Waals surface area contributed by atoms with Crippen molar-refractivity contribution in [2.24, 2.45) is 0 Å². The molecule has 18 heavy (non-hydrogen) atoms. The number of carbonyl (C=O) groups is 1. The van der Waals surface area contributed by atoms with Crippen molar-refractivity contribution >= 4 is 11.6 Å². The second-order valence-electron chi connectivity index (χ2n) is 4.50. The monoisotopic (exact) mass is 249 g/mol. The van der Waals surface area contributed by atoms with E-state index in [0.29, 0.717) is 18.8 Å². The van der Waals surface area contributed by atoms with Gasteiger partial charge in [0.1, 0.15) is 5.69 Å². The summed E-state index contributed by atoms with van der Waals surface area (Å²) < 4.78 is 0. The standard InChI is InChI=1S/C13H19N3O2/c1-2-14-13(18)12-8-10(5-6-15-12)16-7-3-4-11(17)9-16/h5-6,8,11,17H,2-4,7,9H2,1H3,(H,14,18)/t11-/m0/s1. The minimum atomic E-state index is -0.278. The predicted molar refractivity (Wildman–Crippen MR) is 69.7 cm³/mol. The molecule has 0 aliphatic carbocycles. The van der Waals surface area contributed by atoms with Gasteiger partial charge in [-0.25, -0.2) is 0 Å². The first-order chi connectivity index (χ1) is 8.70. The molecule has 0 spiro atoms. The highest BCUT2D eigenvalue weighted by molar-refractivity contribution is 5.93. The van der Waals surface area contributed by atoms with Crippen molar-refractivity contribution in [2.45, 2.75) is 25.9 Å². The van der Waals surface area contributed by atoms with E-state index < -0.39 is 0 Å². The molecule has 1 aromatic heterocycles. The van der Waals surface area contributed by atoms with Crippen LogP contribution in [0.25, 0.3) is 0 Å². The zero-order valence-corrected chi connectivity index (χ0v) is 10.6. The summed E-state index contributed by atoms with van der Waals surface area (Å²) in [6.07, 6.45) is 3.19. The quantitative estimate of drug-likeness (QED) is 0.831. The zero-order chi connectivity index (χ0) is 13.0. The van der Waals surface area contributed by atoms with Crippen LogP contribution in [0.1, 0.15) is 30.3 Å². The maximum atomic E-state index is 11.7. The maximum absolute atomic E-state index is 11.7. The fourth-order valence-corrected chi connectivity index (χ4v) is 2.18. The average Bonchev–Trinajstić information content (AvgIpc) is 2.39. The van der Waals surface area contributed by atoms with Crippen molar-refractivity contribution in [1.29, 1.82) is 0 Å². The number of β-amino-alcohol motifs (C(OH)–C–C–N with tert-alkyl or cyclic N) is 1. The normalized spacial score (nSPS) is 19.7. The summed E-state index contributed by atoms with van der Waals surface area (Å²) in [6.45, 7) is 4.00. The van der Waals surface area contributed by atoms with Crippen molar-refractivity contribution in [3.63, 3.8) is 0 Å². The van der Waals surface area contributed by atoms with Crippen LogP contribution in [0.15, 0.2) is 18.3 Å². The fourth-order valence-electron chi connectivity index (χ4n) is 2.18. The lowest BCUT2D eigenvalue weighted by molar-refractivity contribution is 0.0951. The molecule has 1 fully saturated rings. The van der Waals surface area contributed by atoms with Gasteiger partial charge < -0.3 is 15.3 Å². The number of aliphatic hydroxyl groups is 1. The average molecular weight is 249 g/mol. The second-order valence-corrected chi connectivity index (χ2v) is 4.50. The van der Waals surface area contributed by atoms with Crippen LogP contribution in [0.3, 0.4) is 0 Å². The first-order valence-corrected chi connectivity index (χ1v) is 6.38. The molecule has 98 valence electrons. The number of aromatic nitrogens is 1. The number of aliphatic hydroxyl groups excluding tert-OH is 1. The van der Waals surface area contributed by atoms with Crippen LogP contribution in [-0.2, 0) is 0 Å². The number of hydrogen-bond acceptors (Lipinski definition) is 4. The third-order valence-corrected chi connectivity index (χ3v) is 3.08. The van der Waals surface area contributed by atoms with E-state index >= 15 is 0 Å². The van der Waals surface area contributed by atoms with Crippen molar-refractivity contribution in [2.75, 3.05) is 24.5 Å². The molecule has 1 saturated heterocycles. The Balaban J connectivity index is 2.13. The molecule has 0 radical (unpaired) electrons. The molecule has 1 aliphatic heterocycles. The maximum Gasteiger partial charge on any atom is 0.269 e. The van der Waals surface area contributed by atoms with Gasteiger partial charge in [-0.1, -0.05) is 0 Å². The van der Waals surface area contributed by atoms with Gasteiger partial charge in [0.15, 0.2) is 0 Å². The number of carbonyl (C=O) groups excluding carboxylic acids is 1. The molecule has 2 N–H and O–H groups in total. The van der Waals surface area contributed by atoms with Gasteiger partial charge in [0.25, 0.3) is 5.91 Å². The number of nitrogens with zero attached hydrogens (tertiary/aromatic N) is 2. The van der Waals surface area contributed by atoms with Gasteiger partial charge in [-0.2, -0.15) is 0 Å². The molecule has 2 heterocycles. The molecule has 2 rings (SSSR count). The molecule has 0 unspecified atom stereocenters. The second kappa shape index (κ2) is 5.82. The Bertz CT molecular complexity index is 422. The van der Waals surface area contributed by atoms with Crippen molar-refractivity contribution in [3.8, 4) is 0 Å². The van der Waals surface area contributed by atoms with Crippen molar-refractivity contribution in [3.05, 3.63) is 24.0 Å². The predicted octanol–water partition coefficient (Wildman–Crippen LogP) is 0.792. The minimum absolute atomic E-state index is 0.156. The third-order valence-electron chi connectivity index (χ3n) is 3.08. The topological polar surface area (TPSA) is 65.5 Å². The van der Waals surface area contributed by atoms with E-state index in [-0.39, 0.29) is 12.0 Å².